The third-order valence-corrected chi connectivity index (χ3v) is 4.49. The SMILES string of the molecule is COc1cccc(C(=O)NCc2sccc2Br)c1O. The van der Waals surface area contributed by atoms with Gasteiger partial charge in [0.05, 0.1) is 19.2 Å². The van der Waals surface area contributed by atoms with Gasteiger partial charge in [-0.05, 0) is 39.5 Å². The van der Waals surface area contributed by atoms with Gasteiger partial charge in [-0.25, -0.2) is 0 Å². The number of benzene rings is 1. The summed E-state index contributed by atoms with van der Waals surface area (Å²) in [6.45, 7) is 0.410. The molecule has 100 valence electrons. The number of halogens is 1. The van der Waals surface area contributed by atoms with Gasteiger partial charge in [-0.1, -0.05) is 6.07 Å². The summed E-state index contributed by atoms with van der Waals surface area (Å²) in [5.74, 6) is -0.200. The molecule has 0 radical (unpaired) electrons. The van der Waals surface area contributed by atoms with Crippen LogP contribution in [0.4, 0.5) is 0 Å². The van der Waals surface area contributed by atoms with Crippen molar-refractivity contribution in [3.05, 3.63) is 44.6 Å². The molecule has 0 saturated heterocycles. The highest BCUT2D eigenvalue weighted by Crippen LogP contribution is 2.29. The summed E-state index contributed by atoms with van der Waals surface area (Å²) in [6, 6.07) is 6.74. The van der Waals surface area contributed by atoms with E-state index in [4.69, 9.17) is 4.74 Å². The van der Waals surface area contributed by atoms with Gasteiger partial charge in [0, 0.05) is 9.35 Å². The number of amides is 1. The number of phenolic OH excluding ortho intramolecular Hbond substituents is 1. The summed E-state index contributed by atoms with van der Waals surface area (Å²) in [5, 5.41) is 14.6. The molecule has 0 fully saturated rings. The topological polar surface area (TPSA) is 58.6 Å². The first-order chi connectivity index (χ1) is 9.13. The van der Waals surface area contributed by atoms with E-state index in [2.05, 4.69) is 21.2 Å². The summed E-state index contributed by atoms with van der Waals surface area (Å²) >= 11 is 4.95. The predicted octanol–water partition coefficient (Wildman–Crippen LogP) is 3.15. The van der Waals surface area contributed by atoms with Crippen LogP contribution in [0.25, 0.3) is 0 Å². The molecule has 4 nitrogen and oxygen atoms in total. The summed E-state index contributed by atoms with van der Waals surface area (Å²) in [4.78, 5) is 13.0. The largest absolute Gasteiger partial charge is 0.504 e. The van der Waals surface area contributed by atoms with Crippen molar-refractivity contribution in [3.63, 3.8) is 0 Å². The molecule has 0 aliphatic rings. The Kier molecular flexibility index (Phi) is 4.44. The molecule has 2 rings (SSSR count). The Bertz CT molecular complexity index is 597. The van der Waals surface area contributed by atoms with Crippen LogP contribution in [-0.4, -0.2) is 18.1 Å². The van der Waals surface area contributed by atoms with Crippen molar-refractivity contribution in [1.82, 2.24) is 5.32 Å². The molecule has 2 aromatic rings. The van der Waals surface area contributed by atoms with Crippen LogP contribution < -0.4 is 10.1 Å². The second-order valence-electron chi connectivity index (χ2n) is 3.73. The number of thiophene rings is 1. The lowest BCUT2D eigenvalue weighted by Crippen LogP contribution is -2.22. The van der Waals surface area contributed by atoms with E-state index in [1.54, 1.807) is 29.5 Å². The number of hydrogen-bond acceptors (Lipinski definition) is 4. The van der Waals surface area contributed by atoms with Crippen LogP contribution in [0.15, 0.2) is 34.1 Å². The van der Waals surface area contributed by atoms with Crippen LogP contribution in [0.2, 0.25) is 0 Å². The number of ether oxygens (including phenoxy) is 1. The number of carbonyl (C=O) groups is 1. The molecule has 1 aromatic carbocycles. The molecule has 0 spiro atoms. The van der Waals surface area contributed by atoms with Crippen LogP contribution in [0, 0.1) is 0 Å². The average molecular weight is 342 g/mol. The van der Waals surface area contributed by atoms with E-state index in [0.717, 1.165) is 9.35 Å². The van der Waals surface area contributed by atoms with Crippen molar-refractivity contribution in [2.24, 2.45) is 0 Å². The van der Waals surface area contributed by atoms with Crippen molar-refractivity contribution >= 4 is 33.2 Å². The third kappa shape index (κ3) is 3.08. The molecule has 0 aliphatic heterocycles. The van der Waals surface area contributed by atoms with Gasteiger partial charge >= 0.3 is 0 Å². The number of carbonyl (C=O) groups excluding carboxylic acids is 1. The standard InChI is InChI=1S/C13H12BrNO3S/c1-18-10-4-2-3-8(12(10)16)13(17)15-7-11-9(14)5-6-19-11/h2-6,16H,7H2,1H3,(H,15,17). The number of nitrogens with one attached hydrogen (secondary N) is 1. The van der Waals surface area contributed by atoms with Crippen molar-refractivity contribution < 1.29 is 14.6 Å². The first kappa shape index (κ1) is 13.9. The van der Waals surface area contributed by atoms with Crippen LogP contribution in [0.3, 0.4) is 0 Å². The molecule has 19 heavy (non-hydrogen) atoms. The maximum atomic E-state index is 12.0. The van der Waals surface area contributed by atoms with Gasteiger partial charge in [-0.3, -0.25) is 4.79 Å². The first-order valence-electron chi connectivity index (χ1n) is 5.49. The molecule has 1 heterocycles. The van der Waals surface area contributed by atoms with E-state index in [0.29, 0.717) is 6.54 Å². The Morgan fingerprint density at radius 2 is 2.26 bits per heavy atom. The Balaban J connectivity index is 2.10. The maximum Gasteiger partial charge on any atom is 0.255 e. The van der Waals surface area contributed by atoms with Crippen LogP contribution >= 0.6 is 27.3 Å². The Labute approximate surface area is 123 Å². The highest BCUT2D eigenvalue weighted by molar-refractivity contribution is 9.10. The molecular formula is C13H12BrNO3S. The van der Waals surface area contributed by atoms with E-state index in [1.165, 1.54) is 7.11 Å². The van der Waals surface area contributed by atoms with Gasteiger partial charge in [0.2, 0.25) is 0 Å². The van der Waals surface area contributed by atoms with Crippen LogP contribution in [0.1, 0.15) is 15.2 Å². The normalized spacial score (nSPS) is 10.2. The number of aromatic hydroxyl groups is 1. The van der Waals surface area contributed by atoms with E-state index < -0.39 is 0 Å². The fourth-order valence-electron chi connectivity index (χ4n) is 1.58. The molecule has 1 aromatic heterocycles. The molecule has 6 heteroatoms. The minimum Gasteiger partial charge on any atom is -0.504 e. The molecule has 2 N–H and O–H groups in total. The number of para-hydroxylation sites is 1. The Morgan fingerprint density at radius 1 is 1.47 bits per heavy atom. The first-order valence-corrected chi connectivity index (χ1v) is 7.16. The monoisotopic (exact) mass is 341 g/mol. The van der Waals surface area contributed by atoms with E-state index in [-0.39, 0.29) is 23.0 Å². The fourth-order valence-corrected chi connectivity index (χ4v) is 3.01. The lowest BCUT2D eigenvalue weighted by molar-refractivity contribution is 0.0948. The summed E-state index contributed by atoms with van der Waals surface area (Å²) in [6.07, 6.45) is 0. The third-order valence-electron chi connectivity index (χ3n) is 2.56. The second-order valence-corrected chi connectivity index (χ2v) is 5.59. The van der Waals surface area contributed by atoms with Crippen molar-refractivity contribution in [1.29, 1.82) is 0 Å². The van der Waals surface area contributed by atoms with Crippen LogP contribution in [-0.2, 0) is 6.54 Å². The van der Waals surface area contributed by atoms with Gasteiger partial charge in [0.25, 0.3) is 5.91 Å². The zero-order valence-electron chi connectivity index (χ0n) is 10.1. The summed E-state index contributed by atoms with van der Waals surface area (Å²) in [5.41, 5.74) is 0.201. The average Bonchev–Trinajstić information content (AvgIpc) is 2.82. The van der Waals surface area contributed by atoms with Gasteiger partial charge in [-0.2, -0.15) is 0 Å². The molecule has 1 amide bonds. The minimum absolute atomic E-state index is 0.146. The minimum atomic E-state index is -0.336. The number of hydrogen-bond donors (Lipinski definition) is 2. The van der Waals surface area contributed by atoms with Crippen molar-refractivity contribution in [3.8, 4) is 11.5 Å². The maximum absolute atomic E-state index is 12.0. The zero-order valence-corrected chi connectivity index (χ0v) is 12.5. The zero-order chi connectivity index (χ0) is 13.8. The number of phenols is 1. The second kappa shape index (κ2) is 6.08. The number of methoxy groups -OCH3 is 1. The quantitative estimate of drug-likeness (QED) is 0.897. The molecule has 0 atom stereocenters. The van der Waals surface area contributed by atoms with Gasteiger partial charge in [0.15, 0.2) is 11.5 Å². The van der Waals surface area contributed by atoms with E-state index in [1.807, 2.05) is 11.4 Å². The van der Waals surface area contributed by atoms with Crippen LogP contribution in [0.5, 0.6) is 11.5 Å². The fraction of sp³-hybridized carbons (Fsp3) is 0.154. The summed E-state index contributed by atoms with van der Waals surface area (Å²) < 4.78 is 5.94. The van der Waals surface area contributed by atoms with Crippen molar-refractivity contribution in [2.45, 2.75) is 6.54 Å². The summed E-state index contributed by atoms with van der Waals surface area (Å²) in [7, 11) is 1.44. The Hall–Kier alpha value is -1.53. The molecule has 0 saturated carbocycles. The number of rotatable bonds is 4. The Morgan fingerprint density at radius 3 is 2.89 bits per heavy atom. The van der Waals surface area contributed by atoms with E-state index in [9.17, 15) is 9.90 Å². The predicted molar refractivity (Wildman–Crippen MR) is 77.8 cm³/mol. The van der Waals surface area contributed by atoms with Gasteiger partial charge in [0.1, 0.15) is 0 Å². The lowest BCUT2D eigenvalue weighted by Gasteiger charge is -2.09. The smallest absolute Gasteiger partial charge is 0.255 e. The highest BCUT2D eigenvalue weighted by Gasteiger charge is 2.14. The molecular weight excluding hydrogens is 330 g/mol. The molecule has 0 aliphatic carbocycles. The van der Waals surface area contributed by atoms with Gasteiger partial charge in [-0.15, -0.1) is 11.3 Å². The van der Waals surface area contributed by atoms with Gasteiger partial charge < -0.3 is 15.2 Å². The highest BCUT2D eigenvalue weighted by atomic mass is 79.9. The molecule has 0 unspecified atom stereocenters. The van der Waals surface area contributed by atoms with Crippen molar-refractivity contribution in [2.75, 3.05) is 7.11 Å². The van der Waals surface area contributed by atoms with E-state index >= 15 is 0 Å². The lowest BCUT2D eigenvalue weighted by atomic mass is 10.1. The molecule has 0 bridgehead atoms.